The van der Waals surface area contributed by atoms with Gasteiger partial charge < -0.3 is 9.13 Å². The lowest BCUT2D eigenvalue weighted by Crippen LogP contribution is -2.12. The van der Waals surface area contributed by atoms with Gasteiger partial charge in [0.05, 0.1) is 84.6 Å². The Bertz CT molecular complexity index is 5230. The molecule has 10 aromatic carbocycles. The number of benzene rings is 10. The molecular weight excluding hydrogens is 1150 g/mol. The standard InChI is InChI=1S/C81H49F5N6/c82-59-41-58(42-60(83)47-59)61-48-79(91-75-37-33-54(71-29-13-25-67(87-71)50-17-5-1-6-18-50)43-62(75)63-44-55(34-38-76(63)91)72-30-14-26-68(88-72)51-19-7-2-8-20-51)80(49-66(61)81(84,85)86)92-77-39-35-56(73-31-15-27-69(89-73)52-21-9-3-10-22-52)45-64(77)65-46-57(36-40-78(65)92)74-32-16-28-70(90-74)53-23-11-4-12-24-53/h1-49H. The van der Waals surface area contributed by atoms with Crippen molar-refractivity contribution in [3.8, 4) is 113 Å². The van der Waals surface area contributed by atoms with Crippen molar-refractivity contribution in [2.75, 3.05) is 0 Å². The maximum absolute atomic E-state index is 16.4. The summed E-state index contributed by atoms with van der Waals surface area (Å²) in [4.78, 5) is 20.6. The second-order valence-corrected chi connectivity index (χ2v) is 22.7. The Morgan fingerprint density at radius 3 is 0.793 bits per heavy atom. The minimum atomic E-state index is -5.03. The fourth-order valence-electron chi connectivity index (χ4n) is 12.8. The normalized spacial score (nSPS) is 11.8. The van der Waals surface area contributed by atoms with Crippen LogP contribution in [0.1, 0.15) is 5.56 Å². The highest BCUT2D eigenvalue weighted by atomic mass is 19.4. The molecular formula is C81H49F5N6. The maximum Gasteiger partial charge on any atom is 0.417 e. The Morgan fingerprint density at radius 1 is 0.239 bits per heavy atom. The first-order valence-electron chi connectivity index (χ1n) is 30.0. The van der Waals surface area contributed by atoms with Gasteiger partial charge in [-0.2, -0.15) is 13.2 Å². The van der Waals surface area contributed by atoms with Crippen LogP contribution in [0.25, 0.3) is 156 Å². The molecule has 16 rings (SSSR count). The molecule has 92 heavy (non-hydrogen) atoms. The number of alkyl halides is 3. The average molecular weight is 1200 g/mol. The van der Waals surface area contributed by atoms with E-state index in [0.29, 0.717) is 56.6 Å². The molecule has 0 spiro atoms. The van der Waals surface area contributed by atoms with Gasteiger partial charge in [-0.15, -0.1) is 0 Å². The van der Waals surface area contributed by atoms with Crippen molar-refractivity contribution in [1.82, 2.24) is 29.1 Å². The number of rotatable bonds is 11. The van der Waals surface area contributed by atoms with Crippen LogP contribution in [0.4, 0.5) is 22.0 Å². The molecule has 0 atom stereocenters. The van der Waals surface area contributed by atoms with Crippen molar-refractivity contribution in [2.24, 2.45) is 0 Å². The third-order valence-electron chi connectivity index (χ3n) is 17.1. The van der Waals surface area contributed by atoms with Crippen LogP contribution >= 0.6 is 0 Å². The van der Waals surface area contributed by atoms with Crippen molar-refractivity contribution in [3.63, 3.8) is 0 Å². The van der Waals surface area contributed by atoms with Gasteiger partial charge in [0.1, 0.15) is 11.6 Å². The first kappa shape index (κ1) is 55.4. The lowest BCUT2D eigenvalue weighted by molar-refractivity contribution is -0.137. The predicted molar refractivity (Wildman–Crippen MR) is 360 cm³/mol. The Balaban J connectivity index is 0.987. The Morgan fingerprint density at radius 2 is 0.511 bits per heavy atom. The first-order valence-corrected chi connectivity index (χ1v) is 30.0. The maximum atomic E-state index is 16.4. The predicted octanol–water partition coefficient (Wildman–Crippen LogP) is 21.8. The molecule has 0 saturated carbocycles. The summed E-state index contributed by atoms with van der Waals surface area (Å²) < 4.78 is 84.2. The molecule has 0 saturated heterocycles. The van der Waals surface area contributed by atoms with Crippen molar-refractivity contribution in [2.45, 2.75) is 6.18 Å². The average Bonchev–Trinajstić information content (AvgIpc) is 1.53. The highest BCUT2D eigenvalue weighted by Gasteiger charge is 2.37. The van der Waals surface area contributed by atoms with Crippen molar-refractivity contribution < 1.29 is 22.0 Å². The van der Waals surface area contributed by atoms with Crippen LogP contribution < -0.4 is 0 Å². The third kappa shape index (κ3) is 10.1. The summed E-state index contributed by atoms with van der Waals surface area (Å²) in [5, 5.41) is 2.99. The summed E-state index contributed by atoms with van der Waals surface area (Å²) in [6.07, 6.45) is -5.03. The molecule has 0 aliphatic rings. The molecule has 11 heteroatoms. The Hall–Kier alpha value is -12.0. The highest BCUT2D eigenvalue weighted by Crippen LogP contribution is 2.47. The van der Waals surface area contributed by atoms with Crippen molar-refractivity contribution in [3.05, 3.63) is 314 Å². The summed E-state index contributed by atoms with van der Waals surface area (Å²) in [5.41, 5.74) is 14.0. The van der Waals surface area contributed by atoms with Crippen LogP contribution in [-0.4, -0.2) is 29.1 Å². The molecule has 6 aromatic heterocycles. The number of nitrogens with zero attached hydrogens (tertiary/aromatic N) is 6. The van der Waals surface area contributed by atoms with E-state index in [1.54, 1.807) is 0 Å². The minimum Gasteiger partial charge on any atom is -0.307 e. The molecule has 438 valence electrons. The zero-order chi connectivity index (χ0) is 62.0. The molecule has 0 aliphatic carbocycles. The van der Waals surface area contributed by atoms with Crippen LogP contribution in [0.2, 0.25) is 0 Å². The van der Waals surface area contributed by atoms with Crippen LogP contribution in [0.3, 0.4) is 0 Å². The molecule has 0 N–H and O–H groups in total. The van der Waals surface area contributed by atoms with Crippen LogP contribution in [0.5, 0.6) is 0 Å². The topological polar surface area (TPSA) is 61.4 Å². The SMILES string of the molecule is Fc1cc(F)cc(-c2cc(-n3c4ccc(-c5cccc(-c6ccccc6)n5)cc4c4cc(-c5cccc(-c6ccccc6)n5)ccc43)c(-n3c4ccc(-c5cccc(-c6ccccc6)n5)cc4c4cc(-c5cccc(-c6ccccc6)n5)ccc43)cc2C(F)(F)F)c1. The fourth-order valence-corrected chi connectivity index (χ4v) is 12.8. The van der Waals surface area contributed by atoms with E-state index in [4.69, 9.17) is 19.9 Å². The van der Waals surface area contributed by atoms with Gasteiger partial charge in [-0.3, -0.25) is 0 Å². The van der Waals surface area contributed by atoms with E-state index in [-0.39, 0.29) is 11.3 Å². The van der Waals surface area contributed by atoms with Gasteiger partial charge in [0.15, 0.2) is 0 Å². The van der Waals surface area contributed by atoms with E-state index in [9.17, 15) is 0 Å². The number of hydrogen-bond donors (Lipinski definition) is 0. The molecule has 16 aromatic rings. The fraction of sp³-hybridized carbons (Fsp3) is 0.0123. The summed E-state index contributed by atoms with van der Waals surface area (Å²) in [7, 11) is 0. The number of halogens is 5. The molecule has 0 bridgehead atoms. The summed E-state index contributed by atoms with van der Waals surface area (Å²) in [6, 6.07) is 92.2. The van der Waals surface area contributed by atoms with Crippen LogP contribution in [-0.2, 0) is 6.18 Å². The third-order valence-corrected chi connectivity index (χ3v) is 17.1. The molecule has 0 aliphatic heterocycles. The van der Waals surface area contributed by atoms with E-state index in [2.05, 4.69) is 12.1 Å². The zero-order valence-corrected chi connectivity index (χ0v) is 48.9. The lowest BCUT2D eigenvalue weighted by Gasteiger charge is -2.22. The smallest absolute Gasteiger partial charge is 0.307 e. The summed E-state index contributed by atoms with van der Waals surface area (Å²) >= 11 is 0. The monoisotopic (exact) mass is 1200 g/mol. The van der Waals surface area contributed by atoms with E-state index in [0.717, 1.165) is 107 Å². The number of fused-ring (bicyclic) bond motifs is 6. The van der Waals surface area contributed by atoms with E-state index >= 15 is 22.0 Å². The molecule has 0 unspecified atom stereocenters. The number of aromatic nitrogens is 6. The van der Waals surface area contributed by atoms with Gasteiger partial charge in [0.25, 0.3) is 0 Å². The second kappa shape index (κ2) is 22.6. The van der Waals surface area contributed by atoms with Crippen LogP contribution in [0.15, 0.2) is 297 Å². The van der Waals surface area contributed by atoms with Crippen LogP contribution in [0, 0.1) is 11.6 Å². The Kier molecular flexibility index (Phi) is 13.6. The number of hydrogen-bond acceptors (Lipinski definition) is 4. The first-order chi connectivity index (χ1) is 45.0. The lowest BCUT2D eigenvalue weighted by atomic mass is 9.96. The van der Waals surface area contributed by atoms with Gasteiger partial charge in [-0.1, -0.05) is 170 Å². The van der Waals surface area contributed by atoms with Gasteiger partial charge in [0, 0.05) is 72.1 Å². The molecule has 0 amide bonds. The molecule has 0 radical (unpaired) electrons. The van der Waals surface area contributed by atoms with Gasteiger partial charge >= 0.3 is 6.18 Å². The van der Waals surface area contributed by atoms with Gasteiger partial charge in [-0.05, 0) is 132 Å². The van der Waals surface area contributed by atoms with Crippen molar-refractivity contribution in [1.29, 1.82) is 0 Å². The molecule has 6 heterocycles. The van der Waals surface area contributed by atoms with E-state index in [1.807, 2.05) is 264 Å². The van der Waals surface area contributed by atoms with Gasteiger partial charge in [-0.25, -0.2) is 28.7 Å². The quantitative estimate of drug-likeness (QED) is 0.121. The largest absolute Gasteiger partial charge is 0.417 e. The number of pyridine rings is 4. The Labute approximate surface area is 525 Å². The second-order valence-electron chi connectivity index (χ2n) is 22.7. The van der Waals surface area contributed by atoms with Gasteiger partial charge in [0.2, 0.25) is 0 Å². The van der Waals surface area contributed by atoms with E-state index in [1.165, 1.54) is 6.07 Å². The van der Waals surface area contributed by atoms with E-state index < -0.39 is 28.9 Å². The zero-order valence-electron chi connectivity index (χ0n) is 48.9. The molecule has 6 nitrogen and oxygen atoms in total. The highest BCUT2D eigenvalue weighted by molar-refractivity contribution is 6.14. The molecule has 0 fully saturated rings. The summed E-state index contributed by atoms with van der Waals surface area (Å²) in [6.45, 7) is 0. The minimum absolute atomic E-state index is 0.147. The van der Waals surface area contributed by atoms with Crippen molar-refractivity contribution >= 4 is 43.6 Å². The summed E-state index contributed by atoms with van der Waals surface area (Å²) in [5.74, 6) is -2.04.